The van der Waals surface area contributed by atoms with Gasteiger partial charge in [0.1, 0.15) is 5.76 Å². The van der Waals surface area contributed by atoms with Crippen molar-refractivity contribution in [2.24, 2.45) is 0 Å². The van der Waals surface area contributed by atoms with Crippen LogP contribution in [0.15, 0.2) is 16.7 Å². The van der Waals surface area contributed by atoms with Crippen LogP contribution in [0.2, 0.25) is 0 Å². The maximum Gasteiger partial charge on any atom is 0.105 e. The van der Waals surface area contributed by atoms with E-state index in [1.165, 1.54) is 18.4 Å². The third kappa shape index (κ3) is 3.83. The summed E-state index contributed by atoms with van der Waals surface area (Å²) in [6.07, 6.45) is 4.40. The Morgan fingerprint density at radius 2 is 2.33 bits per heavy atom. The summed E-state index contributed by atoms with van der Waals surface area (Å²) in [7, 11) is 3.91. The summed E-state index contributed by atoms with van der Waals surface area (Å²) in [5.74, 6) is 1.01. The van der Waals surface area contributed by atoms with E-state index in [0.29, 0.717) is 6.04 Å². The molecule has 4 nitrogen and oxygen atoms in total. The van der Waals surface area contributed by atoms with Crippen molar-refractivity contribution in [3.8, 4) is 0 Å². The molecule has 0 spiro atoms. The van der Waals surface area contributed by atoms with Gasteiger partial charge >= 0.3 is 0 Å². The van der Waals surface area contributed by atoms with Crippen molar-refractivity contribution in [2.45, 2.75) is 38.4 Å². The van der Waals surface area contributed by atoms with Crippen molar-refractivity contribution in [3.63, 3.8) is 0 Å². The van der Waals surface area contributed by atoms with Crippen LogP contribution in [0, 0.1) is 6.92 Å². The van der Waals surface area contributed by atoms with Gasteiger partial charge in [-0.15, -0.1) is 0 Å². The van der Waals surface area contributed by atoms with Crippen LogP contribution in [0.1, 0.15) is 24.2 Å². The number of nitrogens with one attached hydrogen (secondary N) is 1. The van der Waals surface area contributed by atoms with E-state index >= 15 is 0 Å². The van der Waals surface area contributed by atoms with E-state index in [4.69, 9.17) is 9.15 Å². The molecule has 1 aromatic heterocycles. The largest absolute Gasteiger partial charge is 0.469 e. The van der Waals surface area contributed by atoms with Gasteiger partial charge in [-0.25, -0.2) is 0 Å². The van der Waals surface area contributed by atoms with Gasteiger partial charge in [0.15, 0.2) is 0 Å². The van der Waals surface area contributed by atoms with Gasteiger partial charge in [-0.2, -0.15) is 0 Å². The number of ether oxygens (including phenoxy) is 1. The Labute approximate surface area is 109 Å². The van der Waals surface area contributed by atoms with Crippen molar-refractivity contribution >= 4 is 0 Å². The Morgan fingerprint density at radius 1 is 1.56 bits per heavy atom. The molecule has 1 aliphatic carbocycles. The van der Waals surface area contributed by atoms with Crippen LogP contribution in [0.25, 0.3) is 0 Å². The highest BCUT2D eigenvalue weighted by Gasteiger charge is 2.23. The smallest absolute Gasteiger partial charge is 0.105 e. The zero-order chi connectivity index (χ0) is 13.0. The van der Waals surface area contributed by atoms with Crippen molar-refractivity contribution in [2.75, 3.05) is 27.3 Å². The van der Waals surface area contributed by atoms with Crippen LogP contribution in [0.4, 0.5) is 0 Å². The Balaban J connectivity index is 1.85. The second-order valence-corrected chi connectivity index (χ2v) is 5.21. The average Bonchev–Trinajstić information content (AvgIpc) is 3.09. The van der Waals surface area contributed by atoms with E-state index < -0.39 is 0 Å². The molecule has 0 saturated heterocycles. The first-order valence-corrected chi connectivity index (χ1v) is 6.66. The predicted molar refractivity (Wildman–Crippen MR) is 71.6 cm³/mol. The summed E-state index contributed by atoms with van der Waals surface area (Å²) in [6.45, 7) is 4.67. The molecule has 0 amide bonds. The number of furan rings is 1. The maximum absolute atomic E-state index is 5.34. The van der Waals surface area contributed by atoms with Crippen molar-refractivity contribution in [1.82, 2.24) is 10.2 Å². The van der Waals surface area contributed by atoms with E-state index in [1.54, 1.807) is 13.4 Å². The summed E-state index contributed by atoms with van der Waals surface area (Å²) in [5, 5.41) is 3.57. The first-order valence-electron chi connectivity index (χ1n) is 6.66. The number of likely N-dealkylation sites (N-methyl/N-ethyl adjacent to an activating group) is 1. The van der Waals surface area contributed by atoms with Gasteiger partial charge in [0.2, 0.25) is 0 Å². The number of nitrogens with zero attached hydrogens (tertiary/aromatic N) is 1. The monoisotopic (exact) mass is 252 g/mol. The molecule has 2 rings (SSSR count). The lowest BCUT2D eigenvalue weighted by Gasteiger charge is -2.27. The van der Waals surface area contributed by atoms with Gasteiger partial charge < -0.3 is 14.5 Å². The van der Waals surface area contributed by atoms with E-state index in [9.17, 15) is 0 Å². The molecule has 0 radical (unpaired) electrons. The standard InChI is InChI=1S/C14H24N2O2/c1-11-12(6-7-18-11)9-16(2)14(10-17-3)8-15-13-4-5-13/h6-7,13-15H,4-5,8-10H2,1-3H3. The molecular formula is C14H24N2O2. The molecule has 102 valence electrons. The van der Waals surface area contributed by atoms with E-state index in [2.05, 4.69) is 17.3 Å². The molecule has 1 unspecified atom stereocenters. The zero-order valence-corrected chi connectivity index (χ0v) is 11.6. The van der Waals surface area contributed by atoms with Gasteiger partial charge in [0.05, 0.1) is 12.9 Å². The van der Waals surface area contributed by atoms with Crippen molar-refractivity contribution in [1.29, 1.82) is 0 Å². The van der Waals surface area contributed by atoms with E-state index in [-0.39, 0.29) is 0 Å². The number of methoxy groups -OCH3 is 1. The molecule has 1 aliphatic rings. The molecule has 0 aliphatic heterocycles. The van der Waals surface area contributed by atoms with Crippen molar-refractivity contribution in [3.05, 3.63) is 23.7 Å². The molecule has 1 atom stereocenters. The second-order valence-electron chi connectivity index (χ2n) is 5.21. The minimum Gasteiger partial charge on any atom is -0.469 e. The van der Waals surface area contributed by atoms with E-state index in [0.717, 1.165) is 31.5 Å². The van der Waals surface area contributed by atoms with Crippen LogP contribution in [0.3, 0.4) is 0 Å². The summed E-state index contributed by atoms with van der Waals surface area (Å²) in [4.78, 5) is 2.33. The van der Waals surface area contributed by atoms with Gasteiger partial charge in [0.25, 0.3) is 0 Å². The Kier molecular flexibility index (Phi) is 4.80. The summed E-state index contributed by atoms with van der Waals surface area (Å²) in [6, 6.07) is 3.20. The van der Waals surface area contributed by atoms with Crippen LogP contribution in [-0.4, -0.2) is 44.3 Å². The third-order valence-electron chi connectivity index (χ3n) is 3.59. The fourth-order valence-corrected chi connectivity index (χ4v) is 2.10. The highest BCUT2D eigenvalue weighted by Crippen LogP contribution is 2.19. The summed E-state index contributed by atoms with van der Waals surface area (Å²) >= 11 is 0. The quantitative estimate of drug-likeness (QED) is 0.765. The van der Waals surface area contributed by atoms with Crippen LogP contribution < -0.4 is 5.32 Å². The number of aryl methyl sites for hydroxylation is 1. The predicted octanol–water partition coefficient (Wildman–Crippen LogP) is 1.79. The molecule has 4 heteroatoms. The lowest BCUT2D eigenvalue weighted by Crippen LogP contribution is -2.43. The zero-order valence-electron chi connectivity index (χ0n) is 11.6. The average molecular weight is 252 g/mol. The van der Waals surface area contributed by atoms with Crippen LogP contribution in [0.5, 0.6) is 0 Å². The number of hydrogen-bond donors (Lipinski definition) is 1. The Morgan fingerprint density at radius 3 is 2.89 bits per heavy atom. The fourth-order valence-electron chi connectivity index (χ4n) is 2.10. The highest BCUT2D eigenvalue weighted by atomic mass is 16.5. The van der Waals surface area contributed by atoms with Crippen molar-refractivity contribution < 1.29 is 9.15 Å². The SMILES string of the molecule is COCC(CNC1CC1)N(C)Cc1ccoc1C. The Bertz CT molecular complexity index is 360. The maximum atomic E-state index is 5.34. The summed E-state index contributed by atoms with van der Waals surface area (Å²) in [5.41, 5.74) is 1.25. The lowest BCUT2D eigenvalue weighted by atomic mass is 10.2. The molecule has 18 heavy (non-hydrogen) atoms. The topological polar surface area (TPSA) is 37.6 Å². The fraction of sp³-hybridized carbons (Fsp3) is 0.714. The highest BCUT2D eigenvalue weighted by molar-refractivity contribution is 5.15. The minimum absolute atomic E-state index is 0.407. The van der Waals surface area contributed by atoms with Gasteiger partial charge in [-0.1, -0.05) is 0 Å². The molecule has 1 N–H and O–H groups in total. The van der Waals surface area contributed by atoms with Crippen LogP contribution >= 0.6 is 0 Å². The van der Waals surface area contributed by atoms with Gasteiger partial charge in [0, 0.05) is 37.8 Å². The summed E-state index contributed by atoms with van der Waals surface area (Å²) < 4.78 is 10.7. The molecule has 1 saturated carbocycles. The second kappa shape index (κ2) is 6.36. The molecule has 0 aromatic carbocycles. The van der Waals surface area contributed by atoms with E-state index in [1.807, 2.05) is 13.0 Å². The minimum atomic E-state index is 0.407. The molecule has 1 aromatic rings. The molecule has 1 fully saturated rings. The first kappa shape index (κ1) is 13.6. The molecule has 0 bridgehead atoms. The lowest BCUT2D eigenvalue weighted by molar-refractivity contribution is 0.101. The van der Waals surface area contributed by atoms with Gasteiger partial charge in [-0.3, -0.25) is 4.90 Å². The first-order chi connectivity index (χ1) is 8.70. The van der Waals surface area contributed by atoms with Gasteiger partial charge in [-0.05, 0) is 32.9 Å². The number of hydrogen-bond acceptors (Lipinski definition) is 4. The normalized spacial score (nSPS) is 17.3. The molecular weight excluding hydrogens is 228 g/mol. The third-order valence-corrected chi connectivity index (χ3v) is 3.59. The van der Waals surface area contributed by atoms with Crippen LogP contribution in [-0.2, 0) is 11.3 Å². The molecule has 1 heterocycles. The Hall–Kier alpha value is -0.840. The number of rotatable bonds is 8.